The Bertz CT molecular complexity index is 1100. The van der Waals surface area contributed by atoms with Gasteiger partial charge in [-0.1, -0.05) is 28.1 Å². The Morgan fingerprint density at radius 3 is 2.64 bits per heavy atom. The highest BCUT2D eigenvalue weighted by Crippen LogP contribution is 2.19. The maximum absolute atomic E-state index is 13.8. The molecular formula is C17H13BrFN3O3. The Kier molecular flexibility index (Phi) is 4.54. The van der Waals surface area contributed by atoms with Gasteiger partial charge in [-0.15, -0.1) is 0 Å². The quantitative estimate of drug-likeness (QED) is 0.725. The molecule has 2 aromatic carbocycles. The lowest BCUT2D eigenvalue weighted by Crippen LogP contribution is -2.40. The zero-order chi connectivity index (χ0) is 18.1. The molecule has 0 saturated carbocycles. The van der Waals surface area contributed by atoms with Crippen molar-refractivity contribution in [3.05, 3.63) is 73.6 Å². The fourth-order valence-electron chi connectivity index (χ4n) is 2.52. The van der Waals surface area contributed by atoms with Crippen molar-refractivity contribution in [2.75, 3.05) is 5.32 Å². The van der Waals surface area contributed by atoms with E-state index < -0.39 is 23.0 Å². The summed E-state index contributed by atoms with van der Waals surface area (Å²) in [4.78, 5) is 36.8. The van der Waals surface area contributed by atoms with E-state index in [0.29, 0.717) is 15.4 Å². The first-order valence-corrected chi connectivity index (χ1v) is 8.11. The summed E-state index contributed by atoms with van der Waals surface area (Å²) in [6, 6.07) is 10.8. The number of aromatic nitrogens is 2. The molecule has 1 amide bonds. The number of carbonyl (C=O) groups is 1. The number of carbonyl (C=O) groups excluding carboxylic acids is 1. The summed E-state index contributed by atoms with van der Waals surface area (Å²) in [7, 11) is 1.35. The van der Waals surface area contributed by atoms with Crippen molar-refractivity contribution in [3.63, 3.8) is 0 Å². The molecule has 0 aliphatic carbocycles. The molecule has 1 aromatic heterocycles. The molecule has 0 aliphatic rings. The van der Waals surface area contributed by atoms with Crippen molar-refractivity contribution in [2.24, 2.45) is 7.05 Å². The van der Waals surface area contributed by atoms with Crippen molar-refractivity contribution in [1.29, 1.82) is 0 Å². The van der Waals surface area contributed by atoms with Crippen LogP contribution in [0.3, 0.4) is 0 Å². The molecule has 3 rings (SSSR count). The molecule has 0 radical (unpaired) electrons. The third-order valence-electron chi connectivity index (χ3n) is 3.75. The molecule has 0 spiro atoms. The van der Waals surface area contributed by atoms with E-state index in [0.717, 1.165) is 4.57 Å². The lowest BCUT2D eigenvalue weighted by atomic mass is 10.2. The number of nitrogens with one attached hydrogen (secondary N) is 1. The van der Waals surface area contributed by atoms with Gasteiger partial charge in [-0.3, -0.25) is 18.7 Å². The molecule has 0 bridgehead atoms. The van der Waals surface area contributed by atoms with Crippen LogP contribution in [0.15, 0.2) is 56.5 Å². The number of amides is 1. The third-order valence-corrected chi connectivity index (χ3v) is 4.25. The number of fused-ring (bicyclic) bond motifs is 1. The average molecular weight is 406 g/mol. The maximum Gasteiger partial charge on any atom is 0.331 e. The topological polar surface area (TPSA) is 73.1 Å². The van der Waals surface area contributed by atoms with Crippen molar-refractivity contribution < 1.29 is 9.18 Å². The van der Waals surface area contributed by atoms with E-state index >= 15 is 0 Å². The monoisotopic (exact) mass is 405 g/mol. The number of halogens is 2. The van der Waals surface area contributed by atoms with E-state index in [9.17, 15) is 18.8 Å². The maximum atomic E-state index is 13.8. The van der Waals surface area contributed by atoms with Crippen LogP contribution in [0.5, 0.6) is 0 Å². The second-order valence-electron chi connectivity index (χ2n) is 5.42. The normalized spacial score (nSPS) is 10.8. The minimum Gasteiger partial charge on any atom is -0.322 e. The van der Waals surface area contributed by atoms with E-state index in [-0.39, 0.29) is 12.2 Å². The number of benzene rings is 2. The first-order chi connectivity index (χ1) is 11.9. The fourth-order valence-corrected chi connectivity index (χ4v) is 2.85. The molecule has 0 atom stereocenters. The standard InChI is InChI=1S/C17H13BrFN3O3/c1-21-16(24)11-4-2-3-5-14(11)22(17(21)25)9-15(23)20-13-7-6-10(18)8-12(13)19/h2-8H,9H2,1H3,(H,20,23). The van der Waals surface area contributed by atoms with Gasteiger partial charge in [0, 0.05) is 11.5 Å². The van der Waals surface area contributed by atoms with Gasteiger partial charge >= 0.3 is 5.69 Å². The highest BCUT2D eigenvalue weighted by molar-refractivity contribution is 9.10. The Morgan fingerprint density at radius 2 is 1.92 bits per heavy atom. The van der Waals surface area contributed by atoms with Crippen LogP contribution in [0.25, 0.3) is 10.9 Å². The molecule has 1 N–H and O–H groups in total. The molecule has 1 heterocycles. The zero-order valence-electron chi connectivity index (χ0n) is 13.1. The largest absolute Gasteiger partial charge is 0.331 e. The Labute approximate surface area is 149 Å². The van der Waals surface area contributed by atoms with Gasteiger partial charge in [0.2, 0.25) is 5.91 Å². The van der Waals surface area contributed by atoms with E-state index in [4.69, 9.17) is 0 Å². The van der Waals surface area contributed by atoms with Crippen LogP contribution in [0, 0.1) is 5.82 Å². The Balaban J connectivity index is 1.99. The van der Waals surface area contributed by atoms with Crippen LogP contribution in [0.2, 0.25) is 0 Å². The summed E-state index contributed by atoms with van der Waals surface area (Å²) < 4.78 is 16.5. The summed E-state index contributed by atoms with van der Waals surface area (Å²) in [5.41, 5.74) is -0.691. The molecule has 0 unspecified atom stereocenters. The van der Waals surface area contributed by atoms with Crippen LogP contribution in [-0.2, 0) is 18.4 Å². The molecule has 25 heavy (non-hydrogen) atoms. The second kappa shape index (κ2) is 6.64. The van der Waals surface area contributed by atoms with Crippen molar-refractivity contribution in [3.8, 4) is 0 Å². The summed E-state index contributed by atoms with van der Waals surface area (Å²) in [6.07, 6.45) is 0. The van der Waals surface area contributed by atoms with Crippen molar-refractivity contribution >= 4 is 38.4 Å². The van der Waals surface area contributed by atoms with Crippen LogP contribution in [0.4, 0.5) is 10.1 Å². The van der Waals surface area contributed by atoms with Gasteiger partial charge in [0.25, 0.3) is 5.56 Å². The molecule has 3 aromatic rings. The first kappa shape index (κ1) is 17.1. The summed E-state index contributed by atoms with van der Waals surface area (Å²) in [6.45, 7) is -0.344. The number of nitrogens with zero attached hydrogens (tertiary/aromatic N) is 2. The smallest absolute Gasteiger partial charge is 0.322 e. The van der Waals surface area contributed by atoms with E-state index in [1.807, 2.05) is 0 Å². The van der Waals surface area contributed by atoms with E-state index in [1.54, 1.807) is 30.3 Å². The number of rotatable bonds is 3. The van der Waals surface area contributed by atoms with Crippen LogP contribution >= 0.6 is 15.9 Å². The minimum atomic E-state index is -0.616. The Hall–Kier alpha value is -2.74. The van der Waals surface area contributed by atoms with Crippen LogP contribution < -0.4 is 16.6 Å². The fraction of sp³-hybridized carbons (Fsp3) is 0.118. The third kappa shape index (κ3) is 3.25. The molecule has 0 aliphatic heterocycles. The molecule has 128 valence electrons. The van der Waals surface area contributed by atoms with Crippen LogP contribution in [0.1, 0.15) is 0 Å². The average Bonchev–Trinajstić information content (AvgIpc) is 2.59. The number of hydrogen-bond donors (Lipinski definition) is 1. The number of anilines is 1. The highest BCUT2D eigenvalue weighted by atomic mass is 79.9. The summed E-state index contributed by atoms with van der Waals surface area (Å²) >= 11 is 3.14. The van der Waals surface area contributed by atoms with Gasteiger partial charge in [0.1, 0.15) is 12.4 Å². The molecule has 0 fully saturated rings. The van der Waals surface area contributed by atoms with Crippen LogP contribution in [-0.4, -0.2) is 15.0 Å². The van der Waals surface area contributed by atoms with Gasteiger partial charge in [-0.2, -0.15) is 0 Å². The molecule has 0 saturated heterocycles. The highest BCUT2D eigenvalue weighted by Gasteiger charge is 2.14. The summed E-state index contributed by atoms with van der Waals surface area (Å²) in [5.74, 6) is -1.17. The van der Waals surface area contributed by atoms with Gasteiger partial charge < -0.3 is 5.32 Å². The summed E-state index contributed by atoms with van der Waals surface area (Å²) in [5, 5.41) is 2.76. The number of para-hydroxylation sites is 1. The zero-order valence-corrected chi connectivity index (χ0v) is 14.7. The molecule has 6 nitrogen and oxygen atoms in total. The minimum absolute atomic E-state index is 0.00961. The van der Waals surface area contributed by atoms with Crippen molar-refractivity contribution in [2.45, 2.75) is 6.54 Å². The predicted octanol–water partition coefficient (Wildman–Crippen LogP) is 2.24. The lowest BCUT2D eigenvalue weighted by molar-refractivity contribution is -0.116. The van der Waals surface area contributed by atoms with Gasteiger partial charge in [0.15, 0.2) is 0 Å². The number of hydrogen-bond acceptors (Lipinski definition) is 3. The predicted molar refractivity (Wildman–Crippen MR) is 96.2 cm³/mol. The molecular weight excluding hydrogens is 393 g/mol. The van der Waals surface area contributed by atoms with Crippen molar-refractivity contribution in [1.82, 2.24) is 9.13 Å². The lowest BCUT2D eigenvalue weighted by Gasteiger charge is -2.12. The SMILES string of the molecule is Cn1c(=O)c2ccccc2n(CC(=O)Nc2ccc(Br)cc2F)c1=O. The second-order valence-corrected chi connectivity index (χ2v) is 6.34. The van der Waals surface area contributed by atoms with Gasteiger partial charge in [-0.25, -0.2) is 9.18 Å². The first-order valence-electron chi connectivity index (χ1n) is 7.32. The van der Waals surface area contributed by atoms with Gasteiger partial charge in [-0.05, 0) is 30.3 Å². The van der Waals surface area contributed by atoms with Gasteiger partial charge in [0.05, 0.1) is 16.6 Å². The molecule has 8 heteroatoms. The Morgan fingerprint density at radius 1 is 1.20 bits per heavy atom. The van der Waals surface area contributed by atoms with E-state index in [2.05, 4.69) is 21.2 Å². The van der Waals surface area contributed by atoms with E-state index in [1.165, 1.54) is 23.7 Å².